The van der Waals surface area contributed by atoms with Crippen molar-refractivity contribution in [3.63, 3.8) is 0 Å². The van der Waals surface area contributed by atoms with E-state index in [1.807, 2.05) is 10.7 Å². The van der Waals surface area contributed by atoms with Crippen molar-refractivity contribution in [2.24, 2.45) is 0 Å². The number of benzene rings is 1. The van der Waals surface area contributed by atoms with Crippen LogP contribution < -0.4 is 4.74 Å². The van der Waals surface area contributed by atoms with Gasteiger partial charge in [0.25, 0.3) is 0 Å². The largest absolute Gasteiger partial charge is 0.496 e. The summed E-state index contributed by atoms with van der Waals surface area (Å²) in [7, 11) is 1.71. The third-order valence-electron chi connectivity index (χ3n) is 4.55. The summed E-state index contributed by atoms with van der Waals surface area (Å²) < 4.78 is 8.19. The highest BCUT2D eigenvalue weighted by Crippen LogP contribution is 2.41. The fourth-order valence-electron chi connectivity index (χ4n) is 3.01. The summed E-state index contributed by atoms with van der Waals surface area (Å²) in [6, 6.07) is 6.25. The van der Waals surface area contributed by atoms with Crippen LogP contribution in [0.1, 0.15) is 46.7 Å². The summed E-state index contributed by atoms with van der Waals surface area (Å²) in [5.74, 6) is 1.60. The van der Waals surface area contributed by atoms with Gasteiger partial charge in [-0.3, -0.25) is 0 Å². The first-order chi connectivity index (χ1) is 10.5. The molecule has 0 amide bonds. The first-order valence-corrected chi connectivity index (χ1v) is 8.13. The first kappa shape index (κ1) is 15.2. The molecule has 3 rings (SSSR count). The molecule has 0 aliphatic heterocycles. The molecule has 1 saturated carbocycles. The first-order valence-electron chi connectivity index (χ1n) is 7.73. The average Bonchev–Trinajstić information content (AvgIpc) is 3.31. The van der Waals surface area contributed by atoms with Crippen LogP contribution >= 0.6 is 12.2 Å². The second kappa shape index (κ2) is 5.84. The van der Waals surface area contributed by atoms with E-state index in [1.165, 1.54) is 29.5 Å². The number of nitrogens with zero attached hydrogens (tertiary/aromatic N) is 2. The van der Waals surface area contributed by atoms with Crippen molar-refractivity contribution < 1.29 is 4.74 Å². The van der Waals surface area contributed by atoms with Crippen LogP contribution in [-0.4, -0.2) is 16.9 Å². The van der Waals surface area contributed by atoms with Crippen LogP contribution in [-0.2, 0) is 6.54 Å². The zero-order valence-corrected chi connectivity index (χ0v) is 14.5. The molecule has 0 bridgehead atoms. The summed E-state index contributed by atoms with van der Waals surface area (Å²) in [4.78, 5) is 0. The summed E-state index contributed by atoms with van der Waals surface area (Å²) in [6.45, 7) is 7.00. The lowest BCUT2D eigenvalue weighted by atomic mass is 10.0. The molecule has 1 aromatic heterocycles. The molecule has 2 aromatic rings. The third-order valence-corrected chi connectivity index (χ3v) is 4.88. The lowest BCUT2D eigenvalue weighted by Gasteiger charge is -2.16. The smallest absolute Gasteiger partial charge is 0.123 e. The molecule has 0 atom stereocenters. The maximum Gasteiger partial charge on any atom is 0.123 e. The molecule has 0 radical (unpaired) electrons. The van der Waals surface area contributed by atoms with Crippen LogP contribution in [0, 0.1) is 25.4 Å². The second-order valence-electron chi connectivity index (χ2n) is 6.14. The fourth-order valence-corrected chi connectivity index (χ4v) is 3.24. The number of aromatic nitrogens is 2. The van der Waals surface area contributed by atoms with E-state index < -0.39 is 0 Å². The highest BCUT2D eigenvalue weighted by molar-refractivity contribution is 7.71. The van der Waals surface area contributed by atoms with Gasteiger partial charge >= 0.3 is 0 Å². The minimum atomic E-state index is 0.684. The Labute approximate surface area is 136 Å². The minimum Gasteiger partial charge on any atom is -0.496 e. The van der Waals surface area contributed by atoms with Gasteiger partial charge in [0, 0.05) is 0 Å². The number of rotatable bonds is 4. The number of aryl methyl sites for hydroxylation is 2. The van der Waals surface area contributed by atoms with Crippen LogP contribution in [0.3, 0.4) is 0 Å². The zero-order chi connectivity index (χ0) is 15.9. The molecule has 0 saturated heterocycles. The monoisotopic (exact) mass is 314 g/mol. The molecule has 1 fully saturated rings. The van der Waals surface area contributed by atoms with Crippen LogP contribution in [0.25, 0.3) is 0 Å². The van der Waals surface area contributed by atoms with Gasteiger partial charge in [-0.15, -0.1) is 0 Å². The number of ether oxygens (including phenoxy) is 1. The van der Waals surface area contributed by atoms with Crippen molar-refractivity contribution in [2.75, 3.05) is 7.11 Å². The van der Waals surface area contributed by atoms with Crippen LogP contribution in [0.5, 0.6) is 5.75 Å². The highest BCUT2D eigenvalue weighted by atomic mass is 32.1. The van der Waals surface area contributed by atoms with Gasteiger partial charge in [-0.2, -0.15) is 5.10 Å². The Morgan fingerprint density at radius 2 is 2.00 bits per heavy atom. The van der Waals surface area contributed by atoms with Gasteiger partial charge in [-0.1, -0.05) is 18.3 Å². The Morgan fingerprint density at radius 1 is 1.27 bits per heavy atom. The van der Waals surface area contributed by atoms with Crippen molar-refractivity contribution in [3.05, 3.63) is 50.8 Å². The molecular formula is C18H22N2OS. The SMILES string of the molecule is COc1ccc(C)c(Cn2nc(C)c(C3CC3)cc2=S)c1C. The number of hydrogen-bond acceptors (Lipinski definition) is 3. The number of hydrogen-bond donors (Lipinski definition) is 0. The van der Waals surface area contributed by atoms with E-state index >= 15 is 0 Å². The summed E-state index contributed by atoms with van der Waals surface area (Å²) in [5, 5.41) is 4.74. The Morgan fingerprint density at radius 3 is 2.64 bits per heavy atom. The molecular weight excluding hydrogens is 292 g/mol. The van der Waals surface area contributed by atoms with Crippen molar-refractivity contribution in [1.82, 2.24) is 9.78 Å². The van der Waals surface area contributed by atoms with Crippen molar-refractivity contribution in [1.29, 1.82) is 0 Å². The fraction of sp³-hybridized carbons (Fsp3) is 0.444. The Hall–Kier alpha value is -1.68. The molecule has 1 aliphatic carbocycles. The Kier molecular flexibility index (Phi) is 4.04. The molecule has 1 aromatic carbocycles. The van der Waals surface area contributed by atoms with E-state index in [9.17, 15) is 0 Å². The predicted octanol–water partition coefficient (Wildman–Crippen LogP) is 4.47. The van der Waals surface area contributed by atoms with Crippen molar-refractivity contribution >= 4 is 12.2 Å². The highest BCUT2D eigenvalue weighted by Gasteiger charge is 2.26. The van der Waals surface area contributed by atoms with Gasteiger partial charge in [0.05, 0.1) is 19.3 Å². The number of methoxy groups -OCH3 is 1. The summed E-state index contributed by atoms with van der Waals surface area (Å²) >= 11 is 5.56. The van der Waals surface area contributed by atoms with Gasteiger partial charge in [-0.05, 0) is 73.9 Å². The standard InChI is InChI=1S/C18H22N2OS/c1-11-5-8-17(21-4)12(2)16(11)10-20-18(22)9-15(13(3)19-20)14-6-7-14/h5,8-9,14H,6-7,10H2,1-4H3. The maximum atomic E-state index is 5.56. The Balaban J connectivity index is 2.00. The second-order valence-corrected chi connectivity index (χ2v) is 6.56. The quantitative estimate of drug-likeness (QED) is 0.779. The average molecular weight is 314 g/mol. The summed E-state index contributed by atoms with van der Waals surface area (Å²) in [6.07, 6.45) is 2.55. The molecule has 0 N–H and O–H groups in total. The van der Waals surface area contributed by atoms with Gasteiger partial charge in [-0.25, -0.2) is 4.68 Å². The van der Waals surface area contributed by atoms with E-state index in [1.54, 1.807) is 7.11 Å². The molecule has 1 aliphatic rings. The topological polar surface area (TPSA) is 27.1 Å². The molecule has 22 heavy (non-hydrogen) atoms. The van der Waals surface area contributed by atoms with Gasteiger partial charge in [0.15, 0.2) is 0 Å². The molecule has 0 unspecified atom stereocenters. The zero-order valence-electron chi connectivity index (χ0n) is 13.6. The molecule has 1 heterocycles. The Bertz CT molecular complexity index is 775. The van der Waals surface area contributed by atoms with E-state index in [2.05, 4.69) is 32.9 Å². The lowest BCUT2D eigenvalue weighted by molar-refractivity contribution is 0.410. The van der Waals surface area contributed by atoms with Gasteiger partial charge < -0.3 is 4.74 Å². The van der Waals surface area contributed by atoms with E-state index in [4.69, 9.17) is 22.1 Å². The van der Waals surface area contributed by atoms with E-state index in [0.717, 1.165) is 21.6 Å². The van der Waals surface area contributed by atoms with Crippen molar-refractivity contribution in [3.8, 4) is 5.75 Å². The van der Waals surface area contributed by atoms with Gasteiger partial charge in [0.1, 0.15) is 10.4 Å². The van der Waals surface area contributed by atoms with Crippen LogP contribution in [0.2, 0.25) is 0 Å². The third kappa shape index (κ3) is 2.80. The van der Waals surface area contributed by atoms with Crippen LogP contribution in [0.15, 0.2) is 18.2 Å². The van der Waals surface area contributed by atoms with Crippen LogP contribution in [0.4, 0.5) is 0 Å². The van der Waals surface area contributed by atoms with E-state index in [0.29, 0.717) is 12.5 Å². The molecule has 3 nitrogen and oxygen atoms in total. The van der Waals surface area contributed by atoms with E-state index in [-0.39, 0.29) is 0 Å². The molecule has 0 spiro atoms. The van der Waals surface area contributed by atoms with Gasteiger partial charge in [0.2, 0.25) is 0 Å². The minimum absolute atomic E-state index is 0.684. The molecule has 116 valence electrons. The maximum absolute atomic E-state index is 5.56. The molecule has 4 heteroatoms. The predicted molar refractivity (Wildman–Crippen MR) is 91.3 cm³/mol. The summed E-state index contributed by atoms with van der Waals surface area (Å²) in [5.41, 5.74) is 6.08. The van der Waals surface area contributed by atoms with Crippen molar-refractivity contribution in [2.45, 2.75) is 46.1 Å². The lowest BCUT2D eigenvalue weighted by Crippen LogP contribution is -2.12. The normalized spacial score (nSPS) is 14.2.